The molecular formula is C14H13ClN2O2S2. The van der Waals surface area contributed by atoms with E-state index >= 15 is 0 Å². The van der Waals surface area contributed by atoms with Crippen LogP contribution in [0.4, 0.5) is 5.69 Å². The first-order valence-corrected chi connectivity index (χ1v) is 8.11. The van der Waals surface area contributed by atoms with Crippen LogP contribution >= 0.6 is 35.6 Å². The van der Waals surface area contributed by atoms with E-state index in [1.165, 1.54) is 16.7 Å². The Labute approximate surface area is 137 Å². The Hall–Kier alpha value is -1.08. The van der Waals surface area contributed by atoms with Crippen LogP contribution in [0.1, 0.15) is 0 Å². The summed E-state index contributed by atoms with van der Waals surface area (Å²) in [4.78, 5) is 16.8. The average Bonchev–Trinajstić information content (AvgIpc) is 2.76. The zero-order valence-corrected chi connectivity index (χ0v) is 13.5. The number of nitrogens with zero attached hydrogens (tertiary/aromatic N) is 2. The van der Waals surface area contributed by atoms with Crippen LogP contribution in [-0.4, -0.2) is 41.4 Å². The van der Waals surface area contributed by atoms with Gasteiger partial charge in [-0.1, -0.05) is 47.7 Å². The van der Waals surface area contributed by atoms with E-state index in [-0.39, 0.29) is 5.91 Å². The lowest BCUT2D eigenvalue weighted by atomic mass is 10.3. The molecule has 0 saturated carbocycles. The van der Waals surface area contributed by atoms with Crippen LogP contribution in [0, 0.1) is 0 Å². The van der Waals surface area contributed by atoms with Crippen molar-refractivity contribution in [1.29, 1.82) is 0 Å². The van der Waals surface area contributed by atoms with Crippen molar-refractivity contribution in [2.24, 2.45) is 0 Å². The van der Waals surface area contributed by atoms with E-state index in [0.717, 1.165) is 13.1 Å². The van der Waals surface area contributed by atoms with Gasteiger partial charge in [-0.25, -0.2) is 0 Å². The Morgan fingerprint density at radius 2 is 2.00 bits per heavy atom. The number of benzene rings is 1. The molecule has 1 aromatic carbocycles. The van der Waals surface area contributed by atoms with Crippen molar-refractivity contribution < 1.29 is 9.53 Å². The minimum Gasteiger partial charge on any atom is -0.378 e. The first kappa shape index (κ1) is 14.8. The molecule has 0 radical (unpaired) electrons. The summed E-state index contributed by atoms with van der Waals surface area (Å²) in [5.74, 6) is -0.121. The number of carbonyl (C=O) groups excluding carboxylic acids is 1. The Morgan fingerprint density at radius 1 is 1.29 bits per heavy atom. The standard InChI is InChI=1S/C14H13ClN2O2S2/c15-10-3-1-2-4-11(10)17-13(18)12(21-14(17)20)9-16-5-7-19-8-6-16/h1-4,9H,5-8H2/b12-9-. The molecule has 110 valence electrons. The summed E-state index contributed by atoms with van der Waals surface area (Å²) in [5.41, 5.74) is 0.632. The summed E-state index contributed by atoms with van der Waals surface area (Å²) in [6.45, 7) is 2.94. The van der Waals surface area contributed by atoms with Crippen molar-refractivity contribution in [3.8, 4) is 0 Å². The number of anilines is 1. The Morgan fingerprint density at radius 3 is 2.71 bits per heavy atom. The molecule has 4 nitrogen and oxygen atoms in total. The van der Waals surface area contributed by atoms with Crippen molar-refractivity contribution in [2.45, 2.75) is 0 Å². The highest BCUT2D eigenvalue weighted by molar-refractivity contribution is 8.27. The topological polar surface area (TPSA) is 32.8 Å². The molecule has 2 aliphatic heterocycles. The second-order valence-corrected chi connectivity index (χ2v) is 6.68. The van der Waals surface area contributed by atoms with Gasteiger partial charge in [0.05, 0.1) is 28.8 Å². The van der Waals surface area contributed by atoms with Gasteiger partial charge in [0.1, 0.15) is 0 Å². The van der Waals surface area contributed by atoms with E-state index in [0.29, 0.717) is 33.1 Å². The molecule has 1 amide bonds. The second-order valence-electron chi connectivity index (χ2n) is 4.60. The molecule has 2 aliphatic rings. The van der Waals surface area contributed by atoms with Gasteiger partial charge < -0.3 is 9.64 Å². The quantitative estimate of drug-likeness (QED) is 0.610. The number of halogens is 1. The van der Waals surface area contributed by atoms with Gasteiger partial charge in [-0.2, -0.15) is 0 Å². The zero-order chi connectivity index (χ0) is 14.8. The van der Waals surface area contributed by atoms with Crippen LogP contribution in [0.25, 0.3) is 0 Å². The predicted octanol–water partition coefficient (Wildman–Crippen LogP) is 2.88. The molecule has 1 aromatic rings. The zero-order valence-electron chi connectivity index (χ0n) is 11.1. The number of rotatable bonds is 2. The van der Waals surface area contributed by atoms with Crippen molar-refractivity contribution in [1.82, 2.24) is 4.90 Å². The van der Waals surface area contributed by atoms with Crippen molar-refractivity contribution in [3.05, 3.63) is 40.4 Å². The lowest BCUT2D eigenvalue weighted by Gasteiger charge is -2.25. The molecule has 0 unspecified atom stereocenters. The van der Waals surface area contributed by atoms with Gasteiger partial charge in [-0.05, 0) is 12.1 Å². The highest BCUT2D eigenvalue weighted by atomic mass is 35.5. The van der Waals surface area contributed by atoms with Crippen LogP contribution in [0.5, 0.6) is 0 Å². The van der Waals surface area contributed by atoms with Crippen molar-refractivity contribution >= 4 is 51.5 Å². The maximum Gasteiger partial charge on any atom is 0.272 e. The number of hydrogen-bond donors (Lipinski definition) is 0. The number of ether oxygens (including phenoxy) is 1. The van der Waals surface area contributed by atoms with Gasteiger partial charge in [-0.15, -0.1) is 0 Å². The Bertz CT molecular complexity index is 615. The smallest absolute Gasteiger partial charge is 0.272 e. The SMILES string of the molecule is O=C1/C(=C/N2CCOCC2)SC(=S)N1c1ccccc1Cl. The molecule has 0 spiro atoms. The molecular weight excluding hydrogens is 328 g/mol. The number of para-hydroxylation sites is 1. The molecule has 0 bridgehead atoms. The average molecular weight is 341 g/mol. The van der Waals surface area contributed by atoms with E-state index in [4.69, 9.17) is 28.6 Å². The van der Waals surface area contributed by atoms with E-state index in [2.05, 4.69) is 4.90 Å². The molecule has 2 fully saturated rings. The summed E-state index contributed by atoms with van der Waals surface area (Å²) < 4.78 is 5.81. The summed E-state index contributed by atoms with van der Waals surface area (Å²) in [7, 11) is 0. The lowest BCUT2D eigenvalue weighted by Crippen LogP contribution is -2.33. The van der Waals surface area contributed by atoms with Crippen molar-refractivity contribution in [2.75, 3.05) is 31.2 Å². The Kier molecular flexibility index (Phi) is 4.49. The number of carbonyl (C=O) groups is 1. The number of thioether (sulfide) groups is 1. The fraction of sp³-hybridized carbons (Fsp3) is 0.286. The summed E-state index contributed by atoms with van der Waals surface area (Å²) >= 11 is 12.8. The monoisotopic (exact) mass is 340 g/mol. The van der Waals surface area contributed by atoms with Gasteiger partial charge in [0.25, 0.3) is 5.91 Å². The minimum absolute atomic E-state index is 0.121. The van der Waals surface area contributed by atoms with Crippen LogP contribution in [0.3, 0.4) is 0 Å². The Balaban J connectivity index is 1.85. The molecule has 2 saturated heterocycles. The number of hydrogen-bond acceptors (Lipinski definition) is 5. The lowest BCUT2D eigenvalue weighted by molar-refractivity contribution is -0.113. The first-order valence-electron chi connectivity index (χ1n) is 6.51. The highest BCUT2D eigenvalue weighted by Gasteiger charge is 2.34. The minimum atomic E-state index is -0.121. The second kappa shape index (κ2) is 6.36. The summed E-state index contributed by atoms with van der Waals surface area (Å²) in [6.07, 6.45) is 1.87. The predicted molar refractivity (Wildman–Crippen MR) is 89.6 cm³/mol. The molecule has 2 heterocycles. The first-order chi connectivity index (χ1) is 10.2. The maximum absolute atomic E-state index is 12.6. The van der Waals surface area contributed by atoms with E-state index in [9.17, 15) is 4.79 Å². The normalized spacial score (nSPS) is 21.5. The van der Waals surface area contributed by atoms with Crippen LogP contribution in [-0.2, 0) is 9.53 Å². The highest BCUT2D eigenvalue weighted by Crippen LogP contribution is 2.37. The van der Waals surface area contributed by atoms with Crippen LogP contribution < -0.4 is 4.90 Å². The molecule has 3 rings (SSSR count). The van der Waals surface area contributed by atoms with Gasteiger partial charge in [0.15, 0.2) is 4.32 Å². The maximum atomic E-state index is 12.6. The largest absolute Gasteiger partial charge is 0.378 e. The van der Waals surface area contributed by atoms with Crippen molar-refractivity contribution in [3.63, 3.8) is 0 Å². The van der Waals surface area contributed by atoms with Gasteiger partial charge in [0, 0.05) is 19.3 Å². The van der Waals surface area contributed by atoms with E-state index in [1.807, 2.05) is 18.3 Å². The van der Waals surface area contributed by atoms with Gasteiger partial charge >= 0.3 is 0 Å². The van der Waals surface area contributed by atoms with Crippen LogP contribution in [0.2, 0.25) is 5.02 Å². The summed E-state index contributed by atoms with van der Waals surface area (Å²) in [6, 6.07) is 7.21. The third-order valence-electron chi connectivity index (χ3n) is 3.23. The number of amides is 1. The molecule has 21 heavy (non-hydrogen) atoms. The molecule has 0 atom stereocenters. The molecule has 7 heteroatoms. The number of morpholine rings is 1. The fourth-order valence-electron chi connectivity index (χ4n) is 2.17. The van der Waals surface area contributed by atoms with Crippen LogP contribution in [0.15, 0.2) is 35.4 Å². The number of thiocarbonyl (C=S) groups is 1. The summed E-state index contributed by atoms with van der Waals surface area (Å²) in [5, 5.41) is 0.515. The van der Waals surface area contributed by atoms with Gasteiger partial charge in [-0.3, -0.25) is 9.69 Å². The molecule has 0 aliphatic carbocycles. The molecule has 0 N–H and O–H groups in total. The third kappa shape index (κ3) is 3.08. The van der Waals surface area contributed by atoms with E-state index in [1.54, 1.807) is 12.1 Å². The third-order valence-corrected chi connectivity index (χ3v) is 4.84. The van der Waals surface area contributed by atoms with Gasteiger partial charge in [0.2, 0.25) is 0 Å². The fourth-order valence-corrected chi connectivity index (χ4v) is 3.68. The van der Waals surface area contributed by atoms with E-state index < -0.39 is 0 Å². The molecule has 0 aromatic heterocycles.